The Balaban J connectivity index is 2.98. The molecule has 11 heteroatoms. The molecule has 96 valence electrons. The first-order chi connectivity index (χ1) is 7.57. The number of aromatic nitrogens is 2. The van der Waals surface area contributed by atoms with Crippen molar-refractivity contribution in [3.05, 3.63) is 16.5 Å². The lowest BCUT2D eigenvalue weighted by Gasteiger charge is -2.06. The quantitative estimate of drug-likeness (QED) is 0.640. The zero-order valence-electron chi connectivity index (χ0n) is 8.38. The monoisotopic (exact) mass is 319 g/mol. The van der Waals surface area contributed by atoms with Crippen molar-refractivity contribution in [2.24, 2.45) is 0 Å². The van der Waals surface area contributed by atoms with Crippen LogP contribution in [0.25, 0.3) is 0 Å². The Morgan fingerprint density at radius 2 is 1.82 bits per heavy atom. The van der Waals surface area contributed by atoms with E-state index in [2.05, 4.69) is 9.97 Å². The zero-order chi connectivity index (χ0) is 13.3. The van der Waals surface area contributed by atoms with Gasteiger partial charge in [0.1, 0.15) is 11.0 Å². The summed E-state index contributed by atoms with van der Waals surface area (Å²) in [6, 6.07) is 1.10. The Morgan fingerprint density at radius 3 is 2.29 bits per heavy atom. The van der Waals surface area contributed by atoms with Crippen molar-refractivity contribution in [1.82, 2.24) is 9.97 Å². The van der Waals surface area contributed by atoms with Gasteiger partial charge in [-0.2, -0.15) is 4.98 Å². The maximum Gasteiger partial charge on any atom is 0.248 e. The summed E-state index contributed by atoms with van der Waals surface area (Å²) in [5.74, 6) is -0.196. The van der Waals surface area contributed by atoms with E-state index in [1.165, 1.54) is 0 Å². The lowest BCUT2D eigenvalue weighted by molar-refractivity contribution is 0.595. The summed E-state index contributed by atoms with van der Waals surface area (Å²) in [4.78, 5) is 7.04. The molecule has 1 aromatic rings. The smallest absolute Gasteiger partial charge is 0.248 e. The van der Waals surface area contributed by atoms with E-state index >= 15 is 0 Å². The van der Waals surface area contributed by atoms with Gasteiger partial charge in [-0.25, -0.2) is 21.8 Å². The second-order valence-corrected chi connectivity index (χ2v) is 8.06. The molecule has 1 N–H and O–H groups in total. The van der Waals surface area contributed by atoms with E-state index in [1.807, 2.05) is 4.72 Å². The molecule has 1 rings (SSSR count). The molecule has 7 nitrogen and oxygen atoms in total. The summed E-state index contributed by atoms with van der Waals surface area (Å²) in [7, 11) is -7.75. The molecule has 17 heavy (non-hydrogen) atoms. The molecule has 0 aromatic carbocycles. The van der Waals surface area contributed by atoms with Gasteiger partial charge in [-0.15, -0.1) is 0 Å². The third-order valence-electron chi connectivity index (χ3n) is 1.30. The van der Waals surface area contributed by atoms with Crippen LogP contribution in [0.5, 0.6) is 0 Å². The van der Waals surface area contributed by atoms with Crippen LogP contribution < -0.4 is 4.72 Å². The predicted octanol–water partition coefficient (Wildman–Crippen LogP) is 0.527. The first kappa shape index (κ1) is 14.4. The standard InChI is InChI=1S/C6H7Cl2N3O4S2/c1-16(12,13)3-17(14,15)11-5-2-4(7)9-6(8)10-5/h2H,3H2,1H3,(H,9,10,11). The molecule has 0 radical (unpaired) electrons. The van der Waals surface area contributed by atoms with Gasteiger partial charge in [0.25, 0.3) is 0 Å². The molecular weight excluding hydrogens is 313 g/mol. The van der Waals surface area contributed by atoms with Crippen LogP contribution in [0.15, 0.2) is 6.07 Å². The Kier molecular flexibility index (Phi) is 4.18. The first-order valence-electron chi connectivity index (χ1n) is 3.96. The van der Waals surface area contributed by atoms with Gasteiger partial charge in [0.15, 0.2) is 14.9 Å². The van der Waals surface area contributed by atoms with Crippen LogP contribution in [0, 0.1) is 0 Å². The minimum absolute atomic E-state index is 0.0675. The highest BCUT2D eigenvalue weighted by molar-refractivity contribution is 8.08. The van der Waals surface area contributed by atoms with Crippen LogP contribution >= 0.6 is 23.2 Å². The van der Waals surface area contributed by atoms with Crippen molar-refractivity contribution in [1.29, 1.82) is 0 Å². The second-order valence-electron chi connectivity index (χ2n) is 3.11. The molecule has 0 bridgehead atoms. The number of nitrogens with zero attached hydrogens (tertiary/aromatic N) is 2. The van der Waals surface area contributed by atoms with Gasteiger partial charge in [0.2, 0.25) is 15.3 Å². The van der Waals surface area contributed by atoms with Gasteiger partial charge in [0, 0.05) is 12.3 Å². The van der Waals surface area contributed by atoms with E-state index < -0.39 is 24.9 Å². The highest BCUT2D eigenvalue weighted by atomic mass is 35.5. The number of rotatable bonds is 4. The molecule has 0 aliphatic heterocycles. The van der Waals surface area contributed by atoms with Gasteiger partial charge in [-0.3, -0.25) is 4.72 Å². The molecule has 0 saturated carbocycles. The van der Waals surface area contributed by atoms with Crippen LogP contribution in [0.2, 0.25) is 10.4 Å². The van der Waals surface area contributed by atoms with Crippen LogP contribution in [0.3, 0.4) is 0 Å². The fourth-order valence-corrected chi connectivity index (χ4v) is 4.24. The zero-order valence-corrected chi connectivity index (χ0v) is 11.5. The molecule has 0 fully saturated rings. The van der Waals surface area contributed by atoms with Gasteiger partial charge in [0.05, 0.1) is 0 Å². The first-order valence-corrected chi connectivity index (χ1v) is 8.42. The number of anilines is 1. The van der Waals surface area contributed by atoms with Crippen molar-refractivity contribution >= 4 is 48.9 Å². The number of hydrogen-bond donors (Lipinski definition) is 1. The number of halogens is 2. The minimum Gasteiger partial charge on any atom is -0.266 e. The number of nitrogens with one attached hydrogen (secondary N) is 1. The van der Waals surface area contributed by atoms with Crippen molar-refractivity contribution in [2.45, 2.75) is 0 Å². The molecule has 0 amide bonds. The third kappa shape index (κ3) is 5.48. The molecule has 0 spiro atoms. The SMILES string of the molecule is CS(=O)(=O)CS(=O)(=O)Nc1cc(Cl)nc(Cl)n1. The van der Waals surface area contributed by atoms with Crippen molar-refractivity contribution in [3.63, 3.8) is 0 Å². The van der Waals surface area contributed by atoms with Crippen molar-refractivity contribution in [3.8, 4) is 0 Å². The second kappa shape index (κ2) is 4.92. The third-order valence-corrected chi connectivity index (χ3v) is 5.13. The summed E-state index contributed by atoms with van der Waals surface area (Å²) < 4.78 is 46.5. The Morgan fingerprint density at radius 1 is 1.24 bits per heavy atom. The summed E-state index contributed by atoms with van der Waals surface area (Å²) in [5, 5.41) is -1.38. The van der Waals surface area contributed by atoms with Crippen LogP contribution in [0.4, 0.5) is 5.82 Å². The lowest BCUT2D eigenvalue weighted by Crippen LogP contribution is -2.22. The fraction of sp³-hybridized carbons (Fsp3) is 0.333. The van der Waals surface area contributed by atoms with Crippen LogP contribution in [0.1, 0.15) is 0 Å². The van der Waals surface area contributed by atoms with E-state index in [-0.39, 0.29) is 16.3 Å². The Labute approximate surface area is 108 Å². The van der Waals surface area contributed by atoms with Crippen LogP contribution in [-0.2, 0) is 19.9 Å². The average molecular weight is 320 g/mol. The number of sulfonamides is 1. The van der Waals surface area contributed by atoms with E-state index in [0.29, 0.717) is 0 Å². The number of sulfone groups is 1. The van der Waals surface area contributed by atoms with Crippen molar-refractivity contribution < 1.29 is 16.8 Å². The van der Waals surface area contributed by atoms with E-state index in [4.69, 9.17) is 23.2 Å². The van der Waals surface area contributed by atoms with E-state index in [1.54, 1.807) is 0 Å². The van der Waals surface area contributed by atoms with E-state index in [9.17, 15) is 16.8 Å². The predicted molar refractivity (Wildman–Crippen MR) is 64.3 cm³/mol. The average Bonchev–Trinajstić information content (AvgIpc) is 1.93. The fourth-order valence-electron chi connectivity index (χ4n) is 0.913. The maximum atomic E-state index is 11.4. The van der Waals surface area contributed by atoms with Gasteiger partial charge in [-0.1, -0.05) is 11.6 Å². The minimum atomic E-state index is -4.07. The molecule has 0 aliphatic rings. The normalized spacial score (nSPS) is 12.4. The molecule has 1 heterocycles. The van der Waals surface area contributed by atoms with Gasteiger partial charge >= 0.3 is 0 Å². The molecule has 0 saturated heterocycles. The molecule has 1 aromatic heterocycles. The highest BCUT2D eigenvalue weighted by Crippen LogP contribution is 2.15. The molecular formula is C6H7Cl2N3O4S2. The van der Waals surface area contributed by atoms with Gasteiger partial charge < -0.3 is 0 Å². The summed E-state index contributed by atoms with van der Waals surface area (Å²) in [6.45, 7) is 0. The largest absolute Gasteiger partial charge is 0.266 e. The summed E-state index contributed by atoms with van der Waals surface area (Å²) in [5.41, 5.74) is 0. The van der Waals surface area contributed by atoms with Gasteiger partial charge in [-0.05, 0) is 11.6 Å². The molecule has 0 atom stereocenters. The molecule has 0 unspecified atom stereocenters. The van der Waals surface area contributed by atoms with E-state index in [0.717, 1.165) is 12.3 Å². The topological polar surface area (TPSA) is 106 Å². The summed E-state index contributed by atoms with van der Waals surface area (Å²) >= 11 is 11.0. The lowest BCUT2D eigenvalue weighted by atomic mass is 10.6. The van der Waals surface area contributed by atoms with Crippen molar-refractivity contribution in [2.75, 3.05) is 16.1 Å². The highest BCUT2D eigenvalue weighted by Gasteiger charge is 2.19. The molecule has 0 aliphatic carbocycles. The summed E-state index contributed by atoms with van der Waals surface area (Å²) in [6.07, 6.45) is 0.798. The Hall–Kier alpha value is -0.640. The maximum absolute atomic E-state index is 11.4. The Bertz CT molecular complexity index is 608. The van der Waals surface area contributed by atoms with Crippen LogP contribution in [-0.4, -0.2) is 38.1 Å². The number of hydrogen-bond acceptors (Lipinski definition) is 6.